The van der Waals surface area contributed by atoms with Gasteiger partial charge < -0.3 is 24.9 Å². The monoisotopic (exact) mass is 423 g/mol. The Morgan fingerprint density at radius 2 is 2.25 bits per heavy atom. The van der Waals surface area contributed by atoms with Gasteiger partial charge in [-0.25, -0.2) is 4.98 Å². The first-order chi connectivity index (χ1) is 13.0. The van der Waals surface area contributed by atoms with Crippen molar-refractivity contribution < 1.29 is 9.21 Å². The first-order valence-corrected chi connectivity index (χ1v) is 9.58. The highest BCUT2D eigenvalue weighted by atomic mass is 35.5. The first-order valence-electron chi connectivity index (χ1n) is 8.76. The molecule has 0 saturated carbocycles. The van der Waals surface area contributed by atoms with Crippen molar-refractivity contribution in [3.8, 4) is 11.6 Å². The maximum absolute atomic E-state index is 13.2. The predicted octanol–water partition coefficient (Wildman–Crippen LogP) is 1.69. The molecule has 0 spiro atoms. The minimum Gasteiger partial charge on any atom is -0.461 e. The van der Waals surface area contributed by atoms with E-state index in [-0.39, 0.29) is 29.9 Å². The van der Waals surface area contributed by atoms with Gasteiger partial charge in [0.25, 0.3) is 11.5 Å². The van der Waals surface area contributed by atoms with Crippen molar-refractivity contribution in [1.82, 2.24) is 19.8 Å². The molecule has 0 aliphatic carbocycles. The van der Waals surface area contributed by atoms with Crippen LogP contribution in [0.3, 0.4) is 0 Å². The number of furan rings is 1. The van der Waals surface area contributed by atoms with Crippen LogP contribution < -0.4 is 11.3 Å². The average Bonchev–Trinajstić information content (AvgIpc) is 3.29. The van der Waals surface area contributed by atoms with E-state index in [2.05, 4.69) is 14.9 Å². The smallest absolute Gasteiger partial charge is 0.264 e. The lowest BCUT2D eigenvalue weighted by atomic mass is 10.1. The van der Waals surface area contributed by atoms with E-state index in [0.717, 1.165) is 13.1 Å². The van der Waals surface area contributed by atoms with Crippen LogP contribution in [0.25, 0.3) is 21.8 Å². The van der Waals surface area contributed by atoms with E-state index in [0.29, 0.717) is 45.3 Å². The number of aromatic amines is 1. The van der Waals surface area contributed by atoms with E-state index < -0.39 is 0 Å². The number of carbonyl (C=O) groups excluding carboxylic acids is 1. The summed E-state index contributed by atoms with van der Waals surface area (Å²) in [5, 5.41) is 0.456. The average molecular weight is 424 g/mol. The number of hydrogen-bond donors (Lipinski definition) is 2. The van der Waals surface area contributed by atoms with Gasteiger partial charge in [-0.1, -0.05) is 0 Å². The number of H-pyrrole nitrogens is 1. The van der Waals surface area contributed by atoms with Crippen LogP contribution in [0.2, 0.25) is 0 Å². The molecular formula is C18H22ClN5O3S. The Morgan fingerprint density at radius 1 is 1.46 bits per heavy atom. The van der Waals surface area contributed by atoms with Crippen molar-refractivity contribution in [2.24, 2.45) is 5.73 Å². The van der Waals surface area contributed by atoms with Crippen LogP contribution in [0.5, 0.6) is 0 Å². The fourth-order valence-electron chi connectivity index (χ4n) is 3.49. The minimum atomic E-state index is -0.270. The molecule has 1 unspecified atom stereocenters. The van der Waals surface area contributed by atoms with Crippen LogP contribution in [0.4, 0.5) is 0 Å². The van der Waals surface area contributed by atoms with E-state index in [1.165, 1.54) is 17.6 Å². The molecule has 1 atom stereocenters. The van der Waals surface area contributed by atoms with Crippen LogP contribution in [-0.2, 0) is 0 Å². The van der Waals surface area contributed by atoms with Gasteiger partial charge in [0.1, 0.15) is 4.83 Å². The Morgan fingerprint density at radius 3 is 2.93 bits per heavy atom. The summed E-state index contributed by atoms with van der Waals surface area (Å²) in [5.74, 6) is 0.755. The second kappa shape index (κ2) is 8.04. The lowest BCUT2D eigenvalue weighted by molar-refractivity contribution is 0.0520. The summed E-state index contributed by atoms with van der Waals surface area (Å²) < 4.78 is 5.32. The van der Waals surface area contributed by atoms with E-state index in [4.69, 9.17) is 10.2 Å². The molecule has 0 radical (unpaired) electrons. The molecule has 1 aliphatic rings. The largest absolute Gasteiger partial charge is 0.461 e. The Kier molecular flexibility index (Phi) is 5.90. The summed E-state index contributed by atoms with van der Waals surface area (Å²) in [5.41, 5.74) is 6.28. The molecule has 1 aliphatic heterocycles. The van der Waals surface area contributed by atoms with Gasteiger partial charge in [-0.15, -0.1) is 23.7 Å². The maximum Gasteiger partial charge on any atom is 0.264 e. The molecule has 8 nitrogen and oxygen atoms in total. The Balaban J connectivity index is 0.00000225. The van der Waals surface area contributed by atoms with Gasteiger partial charge in [0.05, 0.1) is 22.6 Å². The number of aromatic nitrogens is 2. The summed E-state index contributed by atoms with van der Waals surface area (Å²) in [7, 11) is 2.02. The van der Waals surface area contributed by atoms with Crippen LogP contribution in [0, 0.1) is 6.92 Å². The van der Waals surface area contributed by atoms with Crippen molar-refractivity contribution in [3.63, 3.8) is 0 Å². The quantitative estimate of drug-likeness (QED) is 0.663. The second-order valence-corrected chi connectivity index (χ2v) is 7.78. The second-order valence-electron chi connectivity index (χ2n) is 6.78. The molecule has 10 heteroatoms. The molecule has 0 aromatic carbocycles. The van der Waals surface area contributed by atoms with Crippen molar-refractivity contribution in [2.75, 3.05) is 33.2 Å². The summed E-state index contributed by atoms with van der Waals surface area (Å²) in [6.45, 7) is 4.36. The van der Waals surface area contributed by atoms with Gasteiger partial charge in [0, 0.05) is 26.2 Å². The van der Waals surface area contributed by atoms with Crippen LogP contribution >= 0.6 is 23.7 Å². The highest BCUT2D eigenvalue weighted by Gasteiger charge is 2.31. The maximum atomic E-state index is 13.2. The Hall–Kier alpha value is -2.20. The molecule has 3 aromatic rings. The number of aryl methyl sites for hydroxylation is 1. The SMILES string of the molecule is Cc1c(C(=O)N2CCN(C)CC2CN)sc2nc(-c3ccco3)[nH]c(=O)c12.Cl. The molecule has 4 heterocycles. The number of amides is 1. The van der Waals surface area contributed by atoms with Gasteiger partial charge >= 0.3 is 0 Å². The normalized spacial score (nSPS) is 17.7. The third-order valence-electron chi connectivity index (χ3n) is 4.97. The summed E-state index contributed by atoms with van der Waals surface area (Å²) in [4.78, 5) is 38.1. The molecule has 150 valence electrons. The zero-order valence-corrected chi connectivity index (χ0v) is 17.2. The summed E-state index contributed by atoms with van der Waals surface area (Å²) in [6.07, 6.45) is 1.52. The third-order valence-corrected chi connectivity index (χ3v) is 6.14. The molecule has 3 N–H and O–H groups in total. The van der Waals surface area contributed by atoms with Gasteiger partial charge in [0.2, 0.25) is 0 Å². The number of rotatable bonds is 3. The number of nitrogens with zero attached hydrogens (tertiary/aromatic N) is 3. The molecule has 1 fully saturated rings. The molecule has 1 amide bonds. The summed E-state index contributed by atoms with van der Waals surface area (Å²) in [6, 6.07) is 3.42. The molecule has 1 saturated heterocycles. The third kappa shape index (κ3) is 3.46. The molecule has 28 heavy (non-hydrogen) atoms. The Labute approximate surface area is 171 Å². The van der Waals surface area contributed by atoms with Gasteiger partial charge in [-0.05, 0) is 31.7 Å². The zero-order valence-electron chi connectivity index (χ0n) is 15.6. The molecular weight excluding hydrogens is 402 g/mol. The van der Waals surface area contributed by atoms with Crippen molar-refractivity contribution in [1.29, 1.82) is 0 Å². The van der Waals surface area contributed by atoms with Crippen molar-refractivity contribution in [3.05, 3.63) is 39.2 Å². The van der Waals surface area contributed by atoms with Crippen molar-refractivity contribution >= 4 is 39.9 Å². The first kappa shape index (κ1) is 20.5. The summed E-state index contributed by atoms with van der Waals surface area (Å²) >= 11 is 1.25. The number of carbonyl (C=O) groups is 1. The van der Waals surface area contributed by atoms with Crippen molar-refractivity contribution in [2.45, 2.75) is 13.0 Å². The van der Waals surface area contributed by atoms with Gasteiger partial charge in [-0.2, -0.15) is 0 Å². The minimum absolute atomic E-state index is 0. The number of nitrogens with one attached hydrogen (secondary N) is 1. The van der Waals surface area contributed by atoms with E-state index >= 15 is 0 Å². The molecule has 3 aromatic heterocycles. The van der Waals surface area contributed by atoms with Crippen LogP contribution in [0.15, 0.2) is 27.6 Å². The fraction of sp³-hybridized carbons (Fsp3) is 0.389. The predicted molar refractivity (Wildman–Crippen MR) is 111 cm³/mol. The standard InChI is InChI=1S/C18H21N5O3S.ClH/c1-10-13-16(24)20-15(12-4-3-7-26-12)21-17(13)27-14(10)18(25)23-6-5-22(2)9-11(23)8-19;/h3-4,7,11H,5-6,8-9,19H2,1-2H3,(H,20,21,24);1H. The zero-order chi connectivity index (χ0) is 19.1. The lowest BCUT2D eigenvalue weighted by Crippen LogP contribution is -2.56. The van der Waals surface area contributed by atoms with Gasteiger partial charge in [0.15, 0.2) is 11.6 Å². The highest BCUT2D eigenvalue weighted by Crippen LogP contribution is 2.30. The number of thiophene rings is 1. The van der Waals surface area contributed by atoms with E-state index in [9.17, 15) is 9.59 Å². The Bertz CT molecular complexity index is 1050. The topological polar surface area (TPSA) is 108 Å². The fourth-order valence-corrected chi connectivity index (χ4v) is 4.63. The molecule has 0 bridgehead atoms. The number of likely N-dealkylation sites (N-methyl/N-ethyl adjacent to an activating group) is 1. The molecule has 4 rings (SSSR count). The number of halogens is 1. The van der Waals surface area contributed by atoms with E-state index in [1.54, 1.807) is 19.1 Å². The van der Waals surface area contributed by atoms with Crippen LogP contribution in [-0.4, -0.2) is 64.9 Å². The van der Waals surface area contributed by atoms with Crippen LogP contribution in [0.1, 0.15) is 15.2 Å². The number of nitrogens with two attached hydrogens (primary N) is 1. The number of fused-ring (bicyclic) bond motifs is 1. The number of hydrogen-bond acceptors (Lipinski definition) is 7. The lowest BCUT2D eigenvalue weighted by Gasteiger charge is -2.39. The van der Waals surface area contributed by atoms with Gasteiger partial charge in [-0.3, -0.25) is 9.59 Å². The number of piperazine rings is 1. The highest BCUT2D eigenvalue weighted by molar-refractivity contribution is 7.20. The van der Waals surface area contributed by atoms with E-state index in [1.807, 2.05) is 11.9 Å².